The summed E-state index contributed by atoms with van der Waals surface area (Å²) in [7, 11) is 0. The molecule has 0 aliphatic carbocycles. The Kier molecular flexibility index (Phi) is 7.19. The molecule has 0 atom stereocenters. The standard InChI is InChI=1S/C14H21N3/c1-5-7-8-9-13(16)10-11(3)14(12(4)15)17-6-2/h5-10H,4,15-16H2,1-3H3/b7-5-,9-8-,13-10-,14-11+,17-6?. The SMILES string of the molecule is C=C(N)\C(N=CC)=C(C)/C=C(N)/C=C\C=C/C. The molecule has 0 aromatic carbocycles. The monoisotopic (exact) mass is 231 g/mol. The molecule has 17 heavy (non-hydrogen) atoms. The zero-order valence-electron chi connectivity index (χ0n) is 10.8. The Morgan fingerprint density at radius 3 is 2.29 bits per heavy atom. The molecule has 0 fully saturated rings. The highest BCUT2D eigenvalue weighted by Crippen LogP contribution is 2.13. The first kappa shape index (κ1) is 15.0. The summed E-state index contributed by atoms with van der Waals surface area (Å²) in [4.78, 5) is 4.16. The van der Waals surface area contributed by atoms with Gasteiger partial charge in [-0.25, -0.2) is 0 Å². The van der Waals surface area contributed by atoms with Crippen LogP contribution in [0.5, 0.6) is 0 Å². The zero-order valence-corrected chi connectivity index (χ0v) is 10.8. The molecular formula is C14H21N3. The van der Waals surface area contributed by atoms with Crippen molar-refractivity contribution < 1.29 is 0 Å². The first-order valence-corrected chi connectivity index (χ1v) is 5.43. The van der Waals surface area contributed by atoms with Gasteiger partial charge in [0.25, 0.3) is 0 Å². The lowest BCUT2D eigenvalue weighted by Gasteiger charge is -2.04. The number of rotatable bonds is 5. The molecule has 0 bridgehead atoms. The van der Waals surface area contributed by atoms with Gasteiger partial charge in [-0.1, -0.05) is 24.8 Å². The van der Waals surface area contributed by atoms with E-state index in [4.69, 9.17) is 11.5 Å². The van der Waals surface area contributed by atoms with Crippen LogP contribution < -0.4 is 11.5 Å². The van der Waals surface area contributed by atoms with E-state index in [9.17, 15) is 0 Å². The van der Waals surface area contributed by atoms with Gasteiger partial charge in [-0.2, -0.15) is 0 Å². The molecule has 0 spiro atoms. The van der Waals surface area contributed by atoms with Gasteiger partial charge in [0.1, 0.15) is 0 Å². The normalized spacial score (nSPS) is 14.9. The molecule has 0 aromatic rings. The fourth-order valence-corrected chi connectivity index (χ4v) is 1.21. The molecule has 0 radical (unpaired) electrons. The van der Waals surface area contributed by atoms with E-state index in [1.165, 1.54) is 0 Å². The minimum absolute atomic E-state index is 0.432. The van der Waals surface area contributed by atoms with Crippen molar-refractivity contribution in [2.45, 2.75) is 20.8 Å². The molecule has 0 aromatic heterocycles. The summed E-state index contributed by atoms with van der Waals surface area (Å²) >= 11 is 0. The van der Waals surface area contributed by atoms with Crippen molar-refractivity contribution >= 4 is 6.21 Å². The Hall–Kier alpha value is -2.03. The van der Waals surface area contributed by atoms with Crippen LogP contribution in [0, 0.1) is 0 Å². The third-order valence-corrected chi connectivity index (χ3v) is 1.91. The molecule has 0 saturated heterocycles. The van der Waals surface area contributed by atoms with Gasteiger partial charge in [-0.05, 0) is 38.5 Å². The van der Waals surface area contributed by atoms with Gasteiger partial charge in [0.05, 0.1) is 11.4 Å². The third kappa shape index (κ3) is 6.20. The van der Waals surface area contributed by atoms with E-state index in [1.54, 1.807) is 6.21 Å². The highest BCUT2D eigenvalue weighted by atomic mass is 14.8. The summed E-state index contributed by atoms with van der Waals surface area (Å²) in [6.07, 6.45) is 11.0. The Labute approximate surface area is 104 Å². The lowest BCUT2D eigenvalue weighted by molar-refractivity contribution is 1.20. The van der Waals surface area contributed by atoms with Crippen molar-refractivity contribution in [1.29, 1.82) is 0 Å². The summed E-state index contributed by atoms with van der Waals surface area (Å²) in [5.74, 6) is 0. The van der Waals surface area contributed by atoms with Crippen molar-refractivity contribution in [3.05, 3.63) is 59.6 Å². The second kappa shape index (κ2) is 8.16. The molecular weight excluding hydrogens is 210 g/mol. The Balaban J connectivity index is 5.13. The molecule has 0 unspecified atom stereocenters. The largest absolute Gasteiger partial charge is 0.399 e. The van der Waals surface area contributed by atoms with Crippen LogP contribution in [0.25, 0.3) is 0 Å². The van der Waals surface area contributed by atoms with E-state index < -0.39 is 0 Å². The van der Waals surface area contributed by atoms with Gasteiger partial charge in [-0.15, -0.1) is 0 Å². The minimum Gasteiger partial charge on any atom is -0.399 e. The van der Waals surface area contributed by atoms with Crippen molar-refractivity contribution in [3.8, 4) is 0 Å². The molecule has 92 valence electrons. The average molecular weight is 231 g/mol. The fourth-order valence-electron chi connectivity index (χ4n) is 1.21. The molecule has 4 N–H and O–H groups in total. The molecule has 0 rings (SSSR count). The molecule has 0 aliphatic heterocycles. The highest BCUT2D eigenvalue weighted by Gasteiger charge is 1.99. The summed E-state index contributed by atoms with van der Waals surface area (Å²) in [5.41, 5.74) is 14.1. The summed E-state index contributed by atoms with van der Waals surface area (Å²) in [6.45, 7) is 9.36. The van der Waals surface area contributed by atoms with Crippen LogP contribution in [0.4, 0.5) is 0 Å². The topological polar surface area (TPSA) is 64.4 Å². The van der Waals surface area contributed by atoms with Gasteiger partial charge >= 0.3 is 0 Å². The Morgan fingerprint density at radius 2 is 1.82 bits per heavy atom. The Morgan fingerprint density at radius 1 is 1.18 bits per heavy atom. The lowest BCUT2D eigenvalue weighted by atomic mass is 10.1. The first-order valence-electron chi connectivity index (χ1n) is 5.43. The molecule has 3 nitrogen and oxygen atoms in total. The number of hydrogen-bond acceptors (Lipinski definition) is 3. The van der Waals surface area contributed by atoms with Crippen LogP contribution >= 0.6 is 0 Å². The van der Waals surface area contributed by atoms with Crippen LogP contribution in [-0.2, 0) is 0 Å². The molecule has 0 heterocycles. The lowest BCUT2D eigenvalue weighted by Crippen LogP contribution is -2.01. The van der Waals surface area contributed by atoms with Crippen molar-refractivity contribution in [1.82, 2.24) is 0 Å². The molecule has 0 aliphatic rings. The van der Waals surface area contributed by atoms with E-state index in [2.05, 4.69) is 11.6 Å². The van der Waals surface area contributed by atoms with Crippen LogP contribution in [0.3, 0.4) is 0 Å². The van der Waals surface area contributed by atoms with Crippen molar-refractivity contribution in [2.75, 3.05) is 0 Å². The van der Waals surface area contributed by atoms with Crippen LogP contribution in [0.2, 0.25) is 0 Å². The third-order valence-electron chi connectivity index (χ3n) is 1.91. The maximum Gasteiger partial charge on any atom is 0.0878 e. The van der Waals surface area contributed by atoms with Crippen molar-refractivity contribution in [3.63, 3.8) is 0 Å². The van der Waals surface area contributed by atoms with E-state index in [1.807, 2.05) is 51.2 Å². The van der Waals surface area contributed by atoms with Crippen LogP contribution in [-0.4, -0.2) is 6.21 Å². The molecule has 0 amide bonds. The number of hydrogen-bond donors (Lipinski definition) is 2. The minimum atomic E-state index is 0.432. The predicted molar refractivity (Wildman–Crippen MR) is 76.4 cm³/mol. The molecule has 3 heteroatoms. The van der Waals surface area contributed by atoms with Gasteiger partial charge < -0.3 is 11.5 Å². The Bertz CT molecular complexity index is 407. The molecule has 0 saturated carbocycles. The van der Waals surface area contributed by atoms with E-state index in [-0.39, 0.29) is 0 Å². The van der Waals surface area contributed by atoms with E-state index in [0.29, 0.717) is 17.1 Å². The number of allylic oxidation sites excluding steroid dienone is 6. The second-order valence-corrected chi connectivity index (χ2v) is 3.47. The van der Waals surface area contributed by atoms with E-state index in [0.717, 1.165) is 5.57 Å². The van der Waals surface area contributed by atoms with Crippen LogP contribution in [0.15, 0.2) is 64.6 Å². The second-order valence-electron chi connectivity index (χ2n) is 3.47. The number of nitrogens with zero attached hydrogens (tertiary/aromatic N) is 1. The average Bonchev–Trinajstić information content (AvgIpc) is 2.25. The zero-order chi connectivity index (χ0) is 13.3. The smallest absolute Gasteiger partial charge is 0.0878 e. The number of aliphatic imine (C=N–C) groups is 1. The maximum atomic E-state index is 5.83. The first-order chi connectivity index (χ1) is 8.02. The van der Waals surface area contributed by atoms with Crippen molar-refractivity contribution in [2.24, 2.45) is 16.5 Å². The van der Waals surface area contributed by atoms with Gasteiger partial charge in [0.15, 0.2) is 0 Å². The number of nitrogens with two attached hydrogens (primary N) is 2. The summed E-state index contributed by atoms with van der Waals surface area (Å²) < 4.78 is 0. The van der Waals surface area contributed by atoms with Gasteiger partial charge in [-0.3, -0.25) is 4.99 Å². The quantitative estimate of drug-likeness (QED) is 0.564. The highest BCUT2D eigenvalue weighted by molar-refractivity contribution is 5.58. The van der Waals surface area contributed by atoms with Gasteiger partial charge in [0, 0.05) is 11.9 Å². The summed E-state index contributed by atoms with van der Waals surface area (Å²) in [5, 5.41) is 0. The van der Waals surface area contributed by atoms with E-state index >= 15 is 0 Å². The fraction of sp³-hybridized carbons (Fsp3) is 0.214. The maximum absolute atomic E-state index is 5.83. The predicted octanol–water partition coefficient (Wildman–Crippen LogP) is 2.80. The van der Waals surface area contributed by atoms with Crippen LogP contribution in [0.1, 0.15) is 20.8 Å². The van der Waals surface area contributed by atoms with Gasteiger partial charge in [0.2, 0.25) is 0 Å². The summed E-state index contributed by atoms with van der Waals surface area (Å²) in [6, 6.07) is 0.